The normalized spacial score (nSPS) is 19.6. The maximum atomic E-state index is 11.5. The first-order valence-electron chi connectivity index (χ1n) is 5.09. The van der Waals surface area contributed by atoms with E-state index in [-0.39, 0.29) is 6.04 Å². The number of alkyl halides is 1. The Morgan fingerprint density at radius 3 is 2.64 bits per heavy atom. The highest BCUT2D eigenvalue weighted by Gasteiger charge is 2.28. The van der Waals surface area contributed by atoms with E-state index in [0.717, 1.165) is 31.0 Å². The monoisotopic (exact) mass is 283 g/mol. The van der Waals surface area contributed by atoms with E-state index < -0.39 is 10.0 Å². The average molecular weight is 284 g/mol. The Kier molecular flexibility index (Phi) is 4.87. The van der Waals surface area contributed by atoms with E-state index in [1.165, 1.54) is 0 Å². The molecule has 1 fully saturated rings. The number of halogens is 1. The van der Waals surface area contributed by atoms with Crippen LogP contribution in [0.15, 0.2) is 0 Å². The third kappa shape index (κ3) is 5.32. The van der Waals surface area contributed by atoms with Gasteiger partial charge in [0.05, 0.1) is 5.75 Å². The standard InChI is InChI=1S/C9H18BrNO2S/c1-8(3-2-6-10)11-14(12,13)7-9-4-5-9/h8-9,11H,2-7H2,1H3. The summed E-state index contributed by atoms with van der Waals surface area (Å²) in [7, 11) is -3.01. The number of sulfonamides is 1. The van der Waals surface area contributed by atoms with Gasteiger partial charge in [-0.15, -0.1) is 0 Å². The second-order valence-electron chi connectivity index (χ2n) is 4.07. The molecule has 0 aromatic heterocycles. The Labute approximate surface area is 94.8 Å². The Morgan fingerprint density at radius 2 is 2.14 bits per heavy atom. The highest BCUT2D eigenvalue weighted by Crippen LogP contribution is 2.30. The summed E-state index contributed by atoms with van der Waals surface area (Å²) in [6, 6.07) is 0.0660. The maximum Gasteiger partial charge on any atom is 0.212 e. The molecule has 0 aliphatic heterocycles. The van der Waals surface area contributed by atoms with Crippen molar-refractivity contribution in [2.75, 3.05) is 11.1 Å². The molecule has 0 heterocycles. The minimum atomic E-state index is -3.01. The molecular weight excluding hydrogens is 266 g/mol. The smallest absolute Gasteiger partial charge is 0.212 e. The van der Waals surface area contributed by atoms with E-state index in [2.05, 4.69) is 20.7 Å². The summed E-state index contributed by atoms with van der Waals surface area (Å²) in [5.74, 6) is 0.752. The van der Waals surface area contributed by atoms with E-state index in [1.807, 2.05) is 6.92 Å². The molecule has 0 amide bonds. The van der Waals surface area contributed by atoms with Gasteiger partial charge < -0.3 is 0 Å². The van der Waals surface area contributed by atoms with Gasteiger partial charge in [0, 0.05) is 11.4 Å². The molecule has 0 radical (unpaired) electrons. The predicted octanol–water partition coefficient (Wildman–Crippen LogP) is 1.88. The highest BCUT2D eigenvalue weighted by molar-refractivity contribution is 9.09. The average Bonchev–Trinajstić information content (AvgIpc) is 2.82. The van der Waals surface area contributed by atoms with Crippen molar-refractivity contribution in [3.8, 4) is 0 Å². The quantitative estimate of drug-likeness (QED) is 0.726. The molecule has 1 N–H and O–H groups in total. The zero-order valence-corrected chi connectivity index (χ0v) is 10.9. The van der Waals surface area contributed by atoms with Gasteiger partial charge in [-0.2, -0.15) is 0 Å². The number of rotatable bonds is 7. The lowest BCUT2D eigenvalue weighted by molar-refractivity contribution is 0.542. The third-order valence-electron chi connectivity index (χ3n) is 2.30. The summed E-state index contributed by atoms with van der Waals surface area (Å²) in [5.41, 5.74) is 0. The van der Waals surface area contributed by atoms with Crippen molar-refractivity contribution in [1.82, 2.24) is 4.72 Å². The molecule has 1 aliphatic carbocycles. The van der Waals surface area contributed by atoms with E-state index in [4.69, 9.17) is 0 Å². The van der Waals surface area contributed by atoms with Crippen LogP contribution in [0.5, 0.6) is 0 Å². The SMILES string of the molecule is CC(CCCBr)NS(=O)(=O)CC1CC1. The van der Waals surface area contributed by atoms with Gasteiger partial charge in [0.2, 0.25) is 10.0 Å². The van der Waals surface area contributed by atoms with Crippen molar-refractivity contribution in [2.45, 2.75) is 38.6 Å². The number of hydrogen-bond donors (Lipinski definition) is 1. The van der Waals surface area contributed by atoms with Gasteiger partial charge in [0.25, 0.3) is 0 Å². The Bertz CT molecular complexity index is 262. The molecule has 0 spiro atoms. The Morgan fingerprint density at radius 1 is 1.50 bits per heavy atom. The molecule has 1 rings (SSSR count). The third-order valence-corrected chi connectivity index (χ3v) is 4.54. The topological polar surface area (TPSA) is 46.2 Å². The van der Waals surface area contributed by atoms with Gasteiger partial charge in [-0.05, 0) is 38.5 Å². The van der Waals surface area contributed by atoms with Crippen LogP contribution in [0.3, 0.4) is 0 Å². The Balaban J connectivity index is 2.25. The highest BCUT2D eigenvalue weighted by atomic mass is 79.9. The molecule has 1 unspecified atom stereocenters. The predicted molar refractivity (Wildman–Crippen MR) is 62.1 cm³/mol. The van der Waals surface area contributed by atoms with Crippen molar-refractivity contribution < 1.29 is 8.42 Å². The first-order chi connectivity index (χ1) is 6.53. The second-order valence-corrected chi connectivity index (χ2v) is 6.67. The summed E-state index contributed by atoms with van der Waals surface area (Å²) in [6.45, 7) is 1.92. The van der Waals surface area contributed by atoms with E-state index in [0.29, 0.717) is 11.7 Å². The summed E-state index contributed by atoms with van der Waals surface area (Å²) in [5, 5.41) is 0.932. The number of nitrogens with one attached hydrogen (secondary N) is 1. The van der Waals surface area contributed by atoms with Crippen LogP contribution in [0.25, 0.3) is 0 Å². The molecule has 0 bridgehead atoms. The summed E-state index contributed by atoms with van der Waals surface area (Å²) < 4.78 is 25.8. The zero-order valence-electron chi connectivity index (χ0n) is 8.50. The largest absolute Gasteiger partial charge is 0.212 e. The molecule has 14 heavy (non-hydrogen) atoms. The van der Waals surface area contributed by atoms with Crippen LogP contribution in [-0.2, 0) is 10.0 Å². The molecule has 1 atom stereocenters. The van der Waals surface area contributed by atoms with E-state index in [1.54, 1.807) is 0 Å². The van der Waals surface area contributed by atoms with Crippen LogP contribution in [0.4, 0.5) is 0 Å². The lowest BCUT2D eigenvalue weighted by atomic mass is 10.2. The van der Waals surface area contributed by atoms with Gasteiger partial charge in [-0.3, -0.25) is 0 Å². The van der Waals surface area contributed by atoms with Gasteiger partial charge in [-0.25, -0.2) is 13.1 Å². The fraction of sp³-hybridized carbons (Fsp3) is 1.00. The van der Waals surface area contributed by atoms with Crippen molar-refractivity contribution in [1.29, 1.82) is 0 Å². The lowest BCUT2D eigenvalue weighted by Gasteiger charge is -2.13. The molecule has 5 heteroatoms. The number of hydrogen-bond acceptors (Lipinski definition) is 2. The molecule has 84 valence electrons. The molecular formula is C9H18BrNO2S. The molecule has 1 saturated carbocycles. The van der Waals surface area contributed by atoms with Gasteiger partial charge in [0.1, 0.15) is 0 Å². The minimum absolute atomic E-state index is 0.0660. The Hall–Kier alpha value is 0.390. The van der Waals surface area contributed by atoms with Gasteiger partial charge >= 0.3 is 0 Å². The first kappa shape index (κ1) is 12.5. The van der Waals surface area contributed by atoms with Crippen molar-refractivity contribution in [2.24, 2.45) is 5.92 Å². The molecule has 3 nitrogen and oxygen atoms in total. The van der Waals surface area contributed by atoms with Crippen LogP contribution < -0.4 is 4.72 Å². The van der Waals surface area contributed by atoms with Crippen LogP contribution in [0.1, 0.15) is 32.6 Å². The summed E-state index contributed by atoms with van der Waals surface area (Å²) in [4.78, 5) is 0. The maximum absolute atomic E-state index is 11.5. The molecule has 1 aliphatic rings. The lowest BCUT2D eigenvalue weighted by Crippen LogP contribution is -2.34. The fourth-order valence-corrected chi connectivity index (χ4v) is 3.50. The van der Waals surface area contributed by atoms with Crippen molar-refractivity contribution in [3.63, 3.8) is 0 Å². The summed E-state index contributed by atoms with van der Waals surface area (Å²) >= 11 is 3.33. The van der Waals surface area contributed by atoms with E-state index in [9.17, 15) is 8.42 Å². The van der Waals surface area contributed by atoms with Crippen LogP contribution in [0, 0.1) is 5.92 Å². The van der Waals surface area contributed by atoms with Crippen molar-refractivity contribution >= 4 is 26.0 Å². The summed E-state index contributed by atoms with van der Waals surface area (Å²) in [6.07, 6.45) is 4.07. The molecule has 0 aromatic rings. The fourth-order valence-electron chi connectivity index (χ4n) is 1.39. The van der Waals surface area contributed by atoms with Crippen molar-refractivity contribution in [3.05, 3.63) is 0 Å². The minimum Gasteiger partial charge on any atom is -0.212 e. The zero-order chi connectivity index (χ0) is 10.6. The first-order valence-corrected chi connectivity index (χ1v) is 7.87. The van der Waals surface area contributed by atoms with Crippen LogP contribution in [-0.4, -0.2) is 25.5 Å². The van der Waals surface area contributed by atoms with Crippen LogP contribution >= 0.6 is 15.9 Å². The molecule has 0 saturated heterocycles. The van der Waals surface area contributed by atoms with Gasteiger partial charge in [-0.1, -0.05) is 15.9 Å². The van der Waals surface area contributed by atoms with E-state index >= 15 is 0 Å². The van der Waals surface area contributed by atoms with Gasteiger partial charge in [0.15, 0.2) is 0 Å². The van der Waals surface area contributed by atoms with Crippen LogP contribution in [0.2, 0.25) is 0 Å². The second kappa shape index (κ2) is 5.47. The molecule has 0 aromatic carbocycles.